The number of carbonyl (C=O) groups excluding carboxylic acids is 1. The van der Waals surface area contributed by atoms with Gasteiger partial charge in [0.05, 0.1) is 36.0 Å². The number of nitrogens with zero attached hydrogens (tertiary/aromatic N) is 4. The average Bonchev–Trinajstić information content (AvgIpc) is 3.46. The number of amides is 1. The van der Waals surface area contributed by atoms with E-state index in [1.165, 1.54) is 16.5 Å². The van der Waals surface area contributed by atoms with Gasteiger partial charge in [0.15, 0.2) is 9.84 Å². The first-order valence-electron chi connectivity index (χ1n) is 11.5. The molecule has 11 heteroatoms. The van der Waals surface area contributed by atoms with Crippen LogP contribution in [0.4, 0.5) is 14.9 Å². The van der Waals surface area contributed by atoms with Gasteiger partial charge in [0.2, 0.25) is 0 Å². The summed E-state index contributed by atoms with van der Waals surface area (Å²) >= 11 is 1.75. The molecule has 2 aliphatic heterocycles. The summed E-state index contributed by atoms with van der Waals surface area (Å²) in [6.07, 6.45) is 2.69. The fraction of sp³-hybridized carbons (Fsp3) is 0.320. The van der Waals surface area contributed by atoms with Gasteiger partial charge in [-0.1, -0.05) is 41.6 Å². The maximum Gasteiger partial charge on any atom is 0.414 e. The van der Waals surface area contributed by atoms with Gasteiger partial charge in [-0.15, -0.1) is 5.10 Å². The Morgan fingerprint density at radius 3 is 2.72 bits per heavy atom. The summed E-state index contributed by atoms with van der Waals surface area (Å²) in [6, 6.07) is 14.7. The van der Waals surface area contributed by atoms with Gasteiger partial charge < -0.3 is 4.74 Å². The van der Waals surface area contributed by atoms with Crippen molar-refractivity contribution in [2.75, 3.05) is 23.0 Å². The van der Waals surface area contributed by atoms with Crippen molar-refractivity contribution in [3.05, 3.63) is 83.4 Å². The topological polar surface area (TPSA) is 94.4 Å². The van der Waals surface area contributed by atoms with Crippen LogP contribution in [0.3, 0.4) is 0 Å². The molecule has 0 saturated carbocycles. The lowest BCUT2D eigenvalue weighted by Gasteiger charge is -2.17. The van der Waals surface area contributed by atoms with E-state index in [0.717, 1.165) is 17.2 Å². The normalized spacial score (nSPS) is 19.2. The molecule has 0 N–H and O–H groups in total. The van der Waals surface area contributed by atoms with Crippen LogP contribution < -0.4 is 4.90 Å². The number of hydrogen-bond donors (Lipinski definition) is 0. The fourth-order valence-electron chi connectivity index (χ4n) is 4.23. The van der Waals surface area contributed by atoms with Crippen LogP contribution in [0.15, 0.2) is 60.8 Å². The maximum atomic E-state index is 14.9. The van der Waals surface area contributed by atoms with Gasteiger partial charge in [0, 0.05) is 23.3 Å². The van der Waals surface area contributed by atoms with E-state index < -0.39 is 27.9 Å². The number of ether oxygens (including phenoxy) is 1. The van der Waals surface area contributed by atoms with Crippen molar-refractivity contribution in [2.45, 2.75) is 30.6 Å². The minimum absolute atomic E-state index is 0.00979. The largest absolute Gasteiger partial charge is 0.442 e. The summed E-state index contributed by atoms with van der Waals surface area (Å²) in [4.78, 5) is 13.9. The van der Waals surface area contributed by atoms with Gasteiger partial charge in [-0.3, -0.25) is 4.90 Å². The molecule has 1 fully saturated rings. The lowest BCUT2D eigenvalue weighted by atomic mass is 10.0. The molecular weight excluding hydrogens is 503 g/mol. The van der Waals surface area contributed by atoms with E-state index in [-0.39, 0.29) is 24.5 Å². The third-order valence-corrected chi connectivity index (χ3v) is 8.63. The molecule has 3 heterocycles. The molecule has 2 aliphatic rings. The number of anilines is 1. The predicted octanol–water partition coefficient (Wildman–Crippen LogP) is 4.08. The first-order chi connectivity index (χ1) is 17.4. The molecule has 0 radical (unpaired) electrons. The van der Waals surface area contributed by atoms with Gasteiger partial charge in [0.1, 0.15) is 11.9 Å². The summed E-state index contributed by atoms with van der Waals surface area (Å²) in [5.74, 6) is 1.03. The van der Waals surface area contributed by atoms with Crippen LogP contribution in [-0.2, 0) is 32.6 Å². The van der Waals surface area contributed by atoms with E-state index in [9.17, 15) is 17.6 Å². The SMILES string of the molecule is O=C1O[C@@H](Cn2cc(CSCc3ccccc3)nn2)CN1c1ccc(C2=CCS(=O)(=O)CC2)c(F)c1. The number of sulfone groups is 1. The quantitative estimate of drug-likeness (QED) is 0.435. The molecular formula is C25H25FN4O4S2. The van der Waals surface area contributed by atoms with Crippen LogP contribution in [-0.4, -0.2) is 53.7 Å². The predicted molar refractivity (Wildman–Crippen MR) is 137 cm³/mol. The second kappa shape index (κ2) is 10.4. The van der Waals surface area contributed by atoms with E-state index in [4.69, 9.17) is 4.74 Å². The second-order valence-electron chi connectivity index (χ2n) is 8.78. The van der Waals surface area contributed by atoms with Crippen molar-refractivity contribution in [3.8, 4) is 0 Å². The smallest absolute Gasteiger partial charge is 0.414 e. The number of halogens is 1. The average molecular weight is 529 g/mol. The highest BCUT2D eigenvalue weighted by molar-refractivity contribution is 7.97. The van der Waals surface area contributed by atoms with Gasteiger partial charge in [0.25, 0.3) is 0 Å². The Hall–Kier alpha value is -3.18. The highest BCUT2D eigenvalue weighted by atomic mass is 32.2. The summed E-state index contributed by atoms with van der Waals surface area (Å²) < 4.78 is 45.3. The number of benzene rings is 2. The van der Waals surface area contributed by atoms with Crippen LogP contribution in [0.2, 0.25) is 0 Å². The molecule has 0 bridgehead atoms. The summed E-state index contributed by atoms with van der Waals surface area (Å²) in [6.45, 7) is 0.608. The Morgan fingerprint density at radius 2 is 1.97 bits per heavy atom. The van der Waals surface area contributed by atoms with Crippen LogP contribution in [0.1, 0.15) is 23.2 Å². The second-order valence-corrected chi connectivity index (χ2v) is 12.0. The fourth-order valence-corrected chi connectivity index (χ4v) is 6.26. The van der Waals surface area contributed by atoms with Crippen LogP contribution in [0.5, 0.6) is 0 Å². The minimum Gasteiger partial charge on any atom is -0.442 e. The van der Waals surface area contributed by atoms with Gasteiger partial charge in [-0.2, -0.15) is 11.8 Å². The van der Waals surface area contributed by atoms with Crippen LogP contribution in [0.25, 0.3) is 5.57 Å². The van der Waals surface area contributed by atoms with Crippen molar-refractivity contribution < 1.29 is 22.3 Å². The Labute approximate surface area is 213 Å². The van der Waals surface area contributed by atoms with Crippen LogP contribution in [0, 0.1) is 5.82 Å². The highest BCUT2D eigenvalue weighted by Gasteiger charge is 2.33. The van der Waals surface area contributed by atoms with Gasteiger partial charge in [-0.05, 0) is 35.8 Å². The van der Waals surface area contributed by atoms with E-state index in [1.807, 2.05) is 24.4 Å². The Bertz CT molecular complexity index is 1390. The molecule has 1 saturated heterocycles. The van der Waals surface area contributed by atoms with Crippen molar-refractivity contribution in [1.82, 2.24) is 15.0 Å². The standard InChI is InChI=1S/C25H25FN4O4S2/c26-24-12-21(6-7-23(24)19-8-10-36(32,33)11-9-19)30-15-22(34-25(30)31)14-29-13-20(27-28-29)17-35-16-18-4-2-1-3-5-18/h1-8,12-13,22H,9-11,14-17H2/t22-/m0/s1. The molecule has 1 atom stereocenters. The molecule has 0 unspecified atom stereocenters. The molecule has 1 amide bonds. The molecule has 3 aromatic rings. The Kier molecular flexibility index (Phi) is 7.10. The number of cyclic esters (lactones) is 1. The minimum atomic E-state index is -3.09. The van der Waals surface area contributed by atoms with Crippen LogP contribution >= 0.6 is 11.8 Å². The first kappa shape index (κ1) is 24.5. The summed E-state index contributed by atoms with van der Waals surface area (Å²) in [7, 11) is -3.09. The van der Waals surface area contributed by atoms with Crippen molar-refractivity contribution in [2.24, 2.45) is 0 Å². The molecule has 36 heavy (non-hydrogen) atoms. The molecule has 2 aromatic carbocycles. The number of hydrogen-bond acceptors (Lipinski definition) is 7. The van der Waals surface area contributed by atoms with Gasteiger partial charge >= 0.3 is 6.09 Å². The van der Waals surface area contributed by atoms with Crippen molar-refractivity contribution in [1.29, 1.82) is 0 Å². The zero-order valence-electron chi connectivity index (χ0n) is 19.4. The van der Waals surface area contributed by atoms with E-state index in [1.54, 1.807) is 34.7 Å². The zero-order valence-corrected chi connectivity index (χ0v) is 21.0. The number of carbonyl (C=O) groups is 1. The van der Waals surface area contributed by atoms with Crippen molar-refractivity contribution in [3.63, 3.8) is 0 Å². The Morgan fingerprint density at radius 1 is 1.14 bits per heavy atom. The maximum absolute atomic E-state index is 14.9. The van der Waals surface area contributed by atoms with E-state index in [0.29, 0.717) is 23.4 Å². The van der Waals surface area contributed by atoms with Crippen molar-refractivity contribution >= 4 is 39.0 Å². The highest BCUT2D eigenvalue weighted by Crippen LogP contribution is 2.30. The number of thioether (sulfide) groups is 1. The monoisotopic (exact) mass is 528 g/mol. The lowest BCUT2D eigenvalue weighted by molar-refractivity contribution is 0.129. The van der Waals surface area contributed by atoms with E-state index >= 15 is 0 Å². The molecule has 8 nitrogen and oxygen atoms in total. The summed E-state index contributed by atoms with van der Waals surface area (Å²) in [5, 5.41) is 8.36. The first-order valence-corrected chi connectivity index (χ1v) is 14.5. The molecule has 188 valence electrons. The van der Waals surface area contributed by atoms with Gasteiger partial charge in [-0.25, -0.2) is 22.3 Å². The number of aromatic nitrogens is 3. The summed E-state index contributed by atoms with van der Waals surface area (Å²) in [5.41, 5.74) is 3.52. The third-order valence-electron chi connectivity index (χ3n) is 6.09. The van der Waals surface area contributed by atoms with E-state index in [2.05, 4.69) is 22.4 Å². The molecule has 1 aromatic heterocycles. The molecule has 0 aliphatic carbocycles. The zero-order chi connectivity index (χ0) is 25.1. The molecule has 0 spiro atoms. The lowest BCUT2D eigenvalue weighted by Crippen LogP contribution is -2.26. The number of allylic oxidation sites excluding steroid dienone is 1. The Balaban J connectivity index is 1.17. The number of rotatable bonds is 8. The molecule has 5 rings (SSSR count). The third kappa shape index (κ3) is 5.79.